The van der Waals surface area contributed by atoms with Crippen LogP contribution in [0.15, 0.2) is 113 Å². The van der Waals surface area contributed by atoms with Crippen molar-refractivity contribution in [2.75, 3.05) is 0 Å². The van der Waals surface area contributed by atoms with Gasteiger partial charge < -0.3 is 4.18 Å². The molecule has 1 atom stereocenters. The topological polar surface area (TPSA) is 84.8 Å². The van der Waals surface area contributed by atoms with E-state index in [-0.39, 0.29) is 16.6 Å². The van der Waals surface area contributed by atoms with E-state index in [2.05, 4.69) is 10.5 Å². The summed E-state index contributed by atoms with van der Waals surface area (Å²) < 4.78 is 30.2. The second kappa shape index (κ2) is 11.7. The molecule has 0 radical (unpaired) electrons. The summed E-state index contributed by atoms with van der Waals surface area (Å²) >= 11 is 0. The minimum atomic E-state index is -3.93. The lowest BCUT2D eigenvalue weighted by Gasteiger charge is -2.17. The normalized spacial score (nSPS) is 12.3. The van der Waals surface area contributed by atoms with Crippen LogP contribution in [0.3, 0.4) is 0 Å². The molecule has 4 rings (SSSR count). The lowest BCUT2D eigenvalue weighted by Crippen LogP contribution is -2.27. The zero-order chi connectivity index (χ0) is 26.3. The van der Waals surface area contributed by atoms with Crippen LogP contribution in [0.5, 0.6) is 5.75 Å². The first-order chi connectivity index (χ1) is 17.8. The summed E-state index contributed by atoms with van der Waals surface area (Å²) in [4.78, 5) is 13.2. The summed E-state index contributed by atoms with van der Waals surface area (Å²) in [6.45, 7) is 3.92. The van der Waals surface area contributed by atoms with Crippen LogP contribution in [0.4, 0.5) is 0 Å². The van der Waals surface area contributed by atoms with Gasteiger partial charge in [0.2, 0.25) is 5.91 Å². The van der Waals surface area contributed by atoms with Crippen LogP contribution in [-0.4, -0.2) is 20.5 Å². The maximum atomic E-state index is 13.1. The van der Waals surface area contributed by atoms with Crippen molar-refractivity contribution in [1.29, 1.82) is 0 Å². The molecule has 0 saturated heterocycles. The number of amides is 1. The first-order valence-corrected chi connectivity index (χ1v) is 13.3. The highest BCUT2D eigenvalue weighted by molar-refractivity contribution is 7.87. The molecule has 6 nitrogen and oxygen atoms in total. The quantitative estimate of drug-likeness (QED) is 0.181. The molecule has 0 aliphatic rings. The average molecular weight is 513 g/mol. The number of rotatable bonds is 9. The van der Waals surface area contributed by atoms with Gasteiger partial charge >= 0.3 is 10.1 Å². The van der Waals surface area contributed by atoms with Gasteiger partial charge in [-0.2, -0.15) is 13.5 Å². The fourth-order valence-corrected chi connectivity index (χ4v) is 4.77. The van der Waals surface area contributed by atoms with Crippen LogP contribution in [0, 0.1) is 13.8 Å². The van der Waals surface area contributed by atoms with Gasteiger partial charge in [0.25, 0.3) is 0 Å². The molecule has 0 aliphatic heterocycles. The molecule has 7 heteroatoms. The Morgan fingerprint density at radius 2 is 1.51 bits per heavy atom. The Morgan fingerprint density at radius 1 is 0.865 bits per heavy atom. The molecule has 1 N–H and O–H groups in total. The van der Waals surface area contributed by atoms with Gasteiger partial charge in [-0.3, -0.25) is 4.79 Å². The standard InChI is InChI=1S/C30H28N2O4S/c1-22-12-18-28(19-13-22)37(34,35)36-27-16-14-24(15-17-27)21-31-32-30(33)29(25-9-4-3-5-10-25)20-26-11-7-6-8-23(26)2/h3-19,21,29H,20H2,1-2H3,(H,32,33)/b31-21+. The molecule has 37 heavy (non-hydrogen) atoms. The smallest absolute Gasteiger partial charge is 0.339 e. The first-order valence-electron chi connectivity index (χ1n) is 11.9. The zero-order valence-corrected chi connectivity index (χ0v) is 21.5. The predicted octanol–water partition coefficient (Wildman–Crippen LogP) is 5.55. The number of benzene rings is 4. The molecule has 0 aliphatic carbocycles. The van der Waals surface area contributed by atoms with E-state index in [9.17, 15) is 13.2 Å². The molecule has 0 saturated carbocycles. The van der Waals surface area contributed by atoms with Crippen molar-refractivity contribution in [3.63, 3.8) is 0 Å². The van der Waals surface area contributed by atoms with E-state index in [1.54, 1.807) is 36.4 Å². The molecule has 0 heterocycles. The fraction of sp³-hybridized carbons (Fsp3) is 0.133. The fourth-order valence-electron chi connectivity index (χ4n) is 3.84. The van der Waals surface area contributed by atoms with E-state index in [0.717, 1.165) is 22.3 Å². The van der Waals surface area contributed by atoms with Crippen molar-refractivity contribution >= 4 is 22.2 Å². The highest BCUT2D eigenvalue weighted by Gasteiger charge is 2.21. The Hall–Kier alpha value is -4.23. The highest BCUT2D eigenvalue weighted by atomic mass is 32.2. The molecule has 4 aromatic rings. The number of aryl methyl sites for hydroxylation is 2. The minimum Gasteiger partial charge on any atom is -0.379 e. The Bertz CT molecular complexity index is 1480. The van der Waals surface area contributed by atoms with E-state index < -0.39 is 16.0 Å². The maximum absolute atomic E-state index is 13.1. The Morgan fingerprint density at radius 3 is 2.19 bits per heavy atom. The van der Waals surface area contributed by atoms with Crippen molar-refractivity contribution in [3.8, 4) is 5.75 Å². The molecule has 0 aromatic heterocycles. The third-order valence-corrected chi connectivity index (χ3v) is 7.25. The molecule has 188 valence electrons. The van der Waals surface area contributed by atoms with Gasteiger partial charge in [-0.1, -0.05) is 72.3 Å². The van der Waals surface area contributed by atoms with Crippen LogP contribution >= 0.6 is 0 Å². The van der Waals surface area contributed by atoms with Gasteiger partial charge in [-0.25, -0.2) is 5.43 Å². The van der Waals surface area contributed by atoms with Gasteiger partial charge in [0.15, 0.2) is 0 Å². The third-order valence-electron chi connectivity index (χ3n) is 5.99. The summed E-state index contributed by atoms with van der Waals surface area (Å²) in [6.07, 6.45) is 2.06. The Kier molecular flexibility index (Phi) is 8.15. The molecule has 0 spiro atoms. The Labute approximate surface area is 217 Å². The van der Waals surface area contributed by atoms with Crippen molar-refractivity contribution in [2.45, 2.75) is 31.1 Å². The van der Waals surface area contributed by atoms with Crippen LogP contribution < -0.4 is 9.61 Å². The third kappa shape index (κ3) is 6.92. The van der Waals surface area contributed by atoms with E-state index >= 15 is 0 Å². The number of hydrogen-bond acceptors (Lipinski definition) is 5. The number of carbonyl (C=O) groups excluding carboxylic acids is 1. The van der Waals surface area contributed by atoms with Gasteiger partial charge in [0, 0.05) is 0 Å². The van der Waals surface area contributed by atoms with Gasteiger partial charge in [0.05, 0.1) is 12.1 Å². The van der Waals surface area contributed by atoms with E-state index in [4.69, 9.17) is 4.18 Å². The predicted molar refractivity (Wildman–Crippen MR) is 145 cm³/mol. The van der Waals surface area contributed by atoms with Gasteiger partial charge in [-0.15, -0.1) is 0 Å². The first kappa shape index (κ1) is 25.9. The van der Waals surface area contributed by atoms with Crippen LogP contribution in [0.25, 0.3) is 0 Å². The summed E-state index contributed by atoms with van der Waals surface area (Å²) in [5.41, 5.74) is 7.43. The number of hydrogen-bond donors (Lipinski definition) is 1. The highest BCUT2D eigenvalue weighted by Crippen LogP contribution is 2.23. The van der Waals surface area contributed by atoms with Crippen LogP contribution in [0.2, 0.25) is 0 Å². The summed E-state index contributed by atoms with van der Waals surface area (Å²) in [5.74, 6) is -0.429. The average Bonchev–Trinajstić information content (AvgIpc) is 2.90. The summed E-state index contributed by atoms with van der Waals surface area (Å²) in [5, 5.41) is 4.13. The molecular formula is C30H28N2O4S. The number of carbonyl (C=O) groups is 1. The number of nitrogens with zero attached hydrogens (tertiary/aromatic N) is 1. The molecular weight excluding hydrogens is 484 g/mol. The second-order valence-corrected chi connectivity index (χ2v) is 10.3. The van der Waals surface area contributed by atoms with Crippen molar-refractivity contribution in [2.24, 2.45) is 5.10 Å². The molecule has 0 bridgehead atoms. The lowest BCUT2D eigenvalue weighted by atomic mass is 9.90. The monoisotopic (exact) mass is 512 g/mol. The largest absolute Gasteiger partial charge is 0.379 e. The minimum absolute atomic E-state index is 0.0881. The zero-order valence-electron chi connectivity index (χ0n) is 20.7. The SMILES string of the molecule is Cc1ccc(S(=O)(=O)Oc2ccc(/C=N/NC(=O)C(Cc3ccccc3C)c3ccccc3)cc2)cc1. The second-order valence-electron chi connectivity index (χ2n) is 8.75. The maximum Gasteiger partial charge on any atom is 0.339 e. The van der Waals surface area contributed by atoms with Crippen molar-refractivity contribution in [3.05, 3.63) is 131 Å². The molecule has 4 aromatic carbocycles. The summed E-state index contributed by atoms with van der Waals surface area (Å²) in [6, 6.07) is 30.5. The van der Waals surface area contributed by atoms with E-state index in [0.29, 0.717) is 12.0 Å². The van der Waals surface area contributed by atoms with E-state index in [1.165, 1.54) is 18.3 Å². The van der Waals surface area contributed by atoms with E-state index in [1.807, 2.05) is 68.4 Å². The van der Waals surface area contributed by atoms with Crippen molar-refractivity contribution in [1.82, 2.24) is 5.43 Å². The van der Waals surface area contributed by atoms with Crippen molar-refractivity contribution < 1.29 is 17.4 Å². The van der Waals surface area contributed by atoms with Gasteiger partial charge in [0.1, 0.15) is 10.6 Å². The van der Waals surface area contributed by atoms with Crippen LogP contribution in [-0.2, 0) is 21.3 Å². The molecule has 1 unspecified atom stereocenters. The van der Waals surface area contributed by atoms with Gasteiger partial charge in [-0.05, 0) is 78.9 Å². The lowest BCUT2D eigenvalue weighted by molar-refractivity contribution is -0.122. The number of hydrazone groups is 1. The molecule has 1 amide bonds. The van der Waals surface area contributed by atoms with Crippen LogP contribution in [0.1, 0.15) is 33.7 Å². The Balaban J connectivity index is 1.42. The number of nitrogens with one attached hydrogen (secondary N) is 1. The summed E-state index contributed by atoms with van der Waals surface area (Å²) in [7, 11) is -3.93. The molecule has 0 fully saturated rings.